The number of thiocarbonyl (C=S) groups is 1. The Morgan fingerprint density at radius 3 is 2.27 bits per heavy atom. The van der Waals surface area contributed by atoms with Crippen molar-refractivity contribution in [2.75, 3.05) is 24.9 Å². The molecule has 0 aromatic heterocycles. The first-order valence-corrected chi connectivity index (χ1v) is 8.45. The van der Waals surface area contributed by atoms with Crippen LogP contribution in [0.1, 0.15) is 24.2 Å². The molecular weight excluding hydrogens is 352 g/mol. The van der Waals surface area contributed by atoms with Crippen LogP contribution < -0.4 is 20.1 Å². The van der Waals surface area contributed by atoms with Gasteiger partial charge in [-0.05, 0) is 62.5 Å². The van der Waals surface area contributed by atoms with Crippen molar-refractivity contribution < 1.29 is 19.0 Å². The zero-order valence-corrected chi connectivity index (χ0v) is 16.0. The van der Waals surface area contributed by atoms with Gasteiger partial charge in [0.2, 0.25) is 0 Å². The maximum atomic E-state index is 11.8. The van der Waals surface area contributed by atoms with Crippen LogP contribution in [0.3, 0.4) is 0 Å². The molecule has 0 aliphatic carbocycles. The smallest absolute Gasteiger partial charge is 0.338 e. The minimum absolute atomic E-state index is 0.156. The molecule has 26 heavy (non-hydrogen) atoms. The number of hydrogen-bond acceptors (Lipinski definition) is 5. The largest absolute Gasteiger partial charge is 0.497 e. The molecule has 7 heteroatoms. The van der Waals surface area contributed by atoms with Crippen LogP contribution >= 0.6 is 12.2 Å². The van der Waals surface area contributed by atoms with E-state index in [1.807, 2.05) is 26.0 Å². The van der Waals surface area contributed by atoms with E-state index in [1.54, 1.807) is 44.6 Å². The van der Waals surface area contributed by atoms with Gasteiger partial charge in [-0.3, -0.25) is 0 Å². The fourth-order valence-corrected chi connectivity index (χ4v) is 2.39. The molecule has 0 amide bonds. The molecule has 138 valence electrons. The number of rotatable bonds is 6. The zero-order chi connectivity index (χ0) is 19.1. The zero-order valence-electron chi connectivity index (χ0n) is 15.2. The summed E-state index contributed by atoms with van der Waals surface area (Å²) in [6.45, 7) is 3.62. The number of esters is 1. The number of carbonyl (C=O) groups excluding carboxylic acids is 1. The molecule has 0 saturated carbocycles. The maximum Gasteiger partial charge on any atom is 0.338 e. The van der Waals surface area contributed by atoms with Gasteiger partial charge in [0.05, 0.1) is 31.6 Å². The molecule has 0 fully saturated rings. The van der Waals surface area contributed by atoms with Crippen LogP contribution in [0.5, 0.6) is 11.5 Å². The van der Waals surface area contributed by atoms with Gasteiger partial charge in [0.25, 0.3) is 0 Å². The number of carbonyl (C=O) groups is 1. The Kier molecular flexibility index (Phi) is 6.80. The molecule has 0 spiro atoms. The fourth-order valence-electron chi connectivity index (χ4n) is 2.16. The highest BCUT2D eigenvalue weighted by Crippen LogP contribution is 2.29. The second-order valence-electron chi connectivity index (χ2n) is 5.68. The Labute approximate surface area is 158 Å². The summed E-state index contributed by atoms with van der Waals surface area (Å²) in [5.41, 5.74) is 1.94. The summed E-state index contributed by atoms with van der Waals surface area (Å²) in [5.74, 6) is 0.950. The van der Waals surface area contributed by atoms with Crippen molar-refractivity contribution >= 4 is 34.7 Å². The summed E-state index contributed by atoms with van der Waals surface area (Å²) in [5, 5.41) is 6.53. The summed E-state index contributed by atoms with van der Waals surface area (Å²) in [6, 6.07) is 12.3. The second kappa shape index (κ2) is 9.05. The molecule has 2 N–H and O–H groups in total. The van der Waals surface area contributed by atoms with Crippen molar-refractivity contribution in [3.05, 3.63) is 48.0 Å². The summed E-state index contributed by atoms with van der Waals surface area (Å²) in [6.07, 6.45) is -0.156. The minimum atomic E-state index is -0.352. The van der Waals surface area contributed by atoms with E-state index in [4.69, 9.17) is 26.4 Å². The van der Waals surface area contributed by atoms with Crippen molar-refractivity contribution in [3.8, 4) is 11.5 Å². The number of benzene rings is 2. The van der Waals surface area contributed by atoms with Gasteiger partial charge in [-0.1, -0.05) is 0 Å². The van der Waals surface area contributed by atoms with Gasteiger partial charge in [-0.15, -0.1) is 0 Å². The number of hydrogen-bond donors (Lipinski definition) is 2. The highest BCUT2D eigenvalue weighted by atomic mass is 32.1. The molecule has 0 unspecified atom stereocenters. The van der Waals surface area contributed by atoms with E-state index in [9.17, 15) is 4.79 Å². The molecule has 0 bridgehead atoms. The van der Waals surface area contributed by atoms with Crippen molar-refractivity contribution in [2.45, 2.75) is 20.0 Å². The van der Waals surface area contributed by atoms with E-state index < -0.39 is 0 Å². The SMILES string of the molecule is COc1ccc(NC(=S)Nc2ccc(C(=O)OC(C)C)cc2)c(OC)c1. The van der Waals surface area contributed by atoms with Crippen molar-refractivity contribution in [2.24, 2.45) is 0 Å². The van der Waals surface area contributed by atoms with Gasteiger partial charge < -0.3 is 24.8 Å². The molecule has 2 aromatic rings. The Bertz CT molecular complexity index is 776. The number of anilines is 2. The van der Waals surface area contributed by atoms with Crippen LogP contribution in [-0.4, -0.2) is 31.4 Å². The van der Waals surface area contributed by atoms with Gasteiger partial charge in [0.15, 0.2) is 5.11 Å². The fraction of sp³-hybridized carbons (Fsp3) is 0.263. The predicted molar refractivity (Wildman–Crippen MR) is 106 cm³/mol. The lowest BCUT2D eigenvalue weighted by molar-refractivity contribution is 0.0378. The Morgan fingerprint density at radius 1 is 1.00 bits per heavy atom. The lowest BCUT2D eigenvalue weighted by atomic mass is 10.2. The Balaban J connectivity index is 2.01. The molecule has 2 aromatic carbocycles. The van der Waals surface area contributed by atoms with Gasteiger partial charge in [-0.2, -0.15) is 0 Å². The number of methoxy groups -OCH3 is 2. The van der Waals surface area contributed by atoms with E-state index >= 15 is 0 Å². The number of ether oxygens (including phenoxy) is 3. The van der Waals surface area contributed by atoms with Crippen LogP contribution in [0.15, 0.2) is 42.5 Å². The number of nitrogens with one attached hydrogen (secondary N) is 2. The predicted octanol–water partition coefficient (Wildman–Crippen LogP) is 4.08. The van der Waals surface area contributed by atoms with Crippen LogP contribution in [-0.2, 0) is 4.74 Å². The Morgan fingerprint density at radius 2 is 1.69 bits per heavy atom. The first-order valence-electron chi connectivity index (χ1n) is 8.04. The second-order valence-corrected chi connectivity index (χ2v) is 6.09. The van der Waals surface area contributed by atoms with Crippen molar-refractivity contribution in [1.82, 2.24) is 0 Å². The van der Waals surface area contributed by atoms with Gasteiger partial charge in [0, 0.05) is 11.8 Å². The van der Waals surface area contributed by atoms with E-state index in [2.05, 4.69) is 10.6 Å². The first kappa shape index (κ1) is 19.5. The van der Waals surface area contributed by atoms with E-state index in [0.29, 0.717) is 27.9 Å². The van der Waals surface area contributed by atoms with Gasteiger partial charge in [0.1, 0.15) is 11.5 Å². The molecule has 0 saturated heterocycles. The lowest BCUT2D eigenvalue weighted by Gasteiger charge is -2.14. The van der Waals surface area contributed by atoms with Crippen molar-refractivity contribution in [1.29, 1.82) is 0 Å². The van der Waals surface area contributed by atoms with Crippen LogP contribution in [0.4, 0.5) is 11.4 Å². The first-order chi connectivity index (χ1) is 12.4. The normalized spacial score (nSPS) is 10.2. The third-order valence-corrected chi connectivity index (χ3v) is 3.58. The topological polar surface area (TPSA) is 68.8 Å². The van der Waals surface area contributed by atoms with E-state index in [0.717, 1.165) is 5.69 Å². The highest BCUT2D eigenvalue weighted by molar-refractivity contribution is 7.80. The molecule has 0 aliphatic heterocycles. The molecule has 0 aliphatic rings. The maximum absolute atomic E-state index is 11.8. The Hall–Kier alpha value is -2.80. The third kappa shape index (κ3) is 5.35. The van der Waals surface area contributed by atoms with Crippen LogP contribution in [0, 0.1) is 0 Å². The molecule has 2 rings (SSSR count). The summed E-state index contributed by atoms with van der Waals surface area (Å²) in [4.78, 5) is 11.8. The van der Waals surface area contributed by atoms with Gasteiger partial charge in [-0.25, -0.2) is 4.79 Å². The molecule has 0 atom stereocenters. The molecular formula is C19H22N2O4S. The summed E-state index contributed by atoms with van der Waals surface area (Å²) >= 11 is 5.33. The van der Waals surface area contributed by atoms with Crippen molar-refractivity contribution in [3.63, 3.8) is 0 Å². The lowest BCUT2D eigenvalue weighted by Crippen LogP contribution is -2.19. The highest BCUT2D eigenvalue weighted by Gasteiger charge is 2.10. The summed E-state index contributed by atoms with van der Waals surface area (Å²) < 4.78 is 15.7. The minimum Gasteiger partial charge on any atom is -0.497 e. The molecule has 0 heterocycles. The molecule has 6 nitrogen and oxygen atoms in total. The average molecular weight is 374 g/mol. The van der Waals surface area contributed by atoms with E-state index in [-0.39, 0.29) is 12.1 Å². The monoisotopic (exact) mass is 374 g/mol. The summed E-state index contributed by atoms with van der Waals surface area (Å²) in [7, 11) is 3.17. The quantitative estimate of drug-likeness (QED) is 0.583. The van der Waals surface area contributed by atoms with Crippen LogP contribution in [0.25, 0.3) is 0 Å². The standard InChI is InChI=1S/C19H22N2O4S/c1-12(2)25-18(22)13-5-7-14(8-6-13)20-19(26)21-16-10-9-15(23-3)11-17(16)24-4/h5-12H,1-4H3,(H2,20,21,26). The molecule has 0 radical (unpaired) electrons. The van der Waals surface area contributed by atoms with Gasteiger partial charge >= 0.3 is 5.97 Å². The average Bonchev–Trinajstić information content (AvgIpc) is 2.62. The third-order valence-electron chi connectivity index (χ3n) is 3.38. The van der Waals surface area contributed by atoms with E-state index in [1.165, 1.54) is 0 Å². The van der Waals surface area contributed by atoms with Crippen LogP contribution in [0.2, 0.25) is 0 Å².